The molecule has 0 aliphatic rings. The maximum absolute atomic E-state index is 11.9. The third kappa shape index (κ3) is 3.44. The molecular formula is C9H5ClF3N3. The number of nitriles is 1. The van der Waals surface area contributed by atoms with Crippen molar-refractivity contribution in [2.75, 3.05) is 5.43 Å². The summed E-state index contributed by atoms with van der Waals surface area (Å²) in [6, 6.07) is 7.68. The smallest absolute Gasteiger partial charge is 0.277 e. The highest BCUT2D eigenvalue weighted by Crippen LogP contribution is 2.20. The average Bonchev–Trinajstić information content (AvgIpc) is 2.25. The molecule has 0 heterocycles. The van der Waals surface area contributed by atoms with Gasteiger partial charge in [0.15, 0.2) is 0 Å². The highest BCUT2D eigenvalue weighted by atomic mass is 35.5. The zero-order valence-electron chi connectivity index (χ0n) is 7.72. The molecule has 0 amide bonds. The summed E-state index contributed by atoms with van der Waals surface area (Å²) in [5.41, 5.74) is 2.67. The van der Waals surface area contributed by atoms with E-state index in [-0.39, 0.29) is 5.69 Å². The van der Waals surface area contributed by atoms with E-state index >= 15 is 0 Å². The predicted molar refractivity (Wildman–Crippen MR) is 54.1 cm³/mol. The number of hydrazone groups is 1. The van der Waals surface area contributed by atoms with Crippen LogP contribution in [0, 0.1) is 11.3 Å². The van der Waals surface area contributed by atoms with Crippen molar-refractivity contribution < 1.29 is 13.2 Å². The van der Waals surface area contributed by atoms with Crippen molar-refractivity contribution >= 4 is 22.5 Å². The first kappa shape index (κ1) is 12.3. The second kappa shape index (κ2) is 4.86. The molecule has 0 bridgehead atoms. The molecule has 84 valence electrons. The number of hydrogen-bond donors (Lipinski definition) is 1. The molecule has 16 heavy (non-hydrogen) atoms. The largest absolute Gasteiger partial charge is 0.446 e. The zero-order valence-corrected chi connectivity index (χ0v) is 8.47. The van der Waals surface area contributed by atoms with Crippen LogP contribution in [0.1, 0.15) is 5.56 Å². The number of rotatable bonds is 2. The molecule has 7 heteroatoms. The van der Waals surface area contributed by atoms with E-state index < -0.39 is 11.3 Å². The van der Waals surface area contributed by atoms with E-state index in [0.717, 1.165) is 0 Å². The van der Waals surface area contributed by atoms with Crippen LogP contribution in [0.15, 0.2) is 29.4 Å². The van der Waals surface area contributed by atoms with Crippen molar-refractivity contribution in [3.63, 3.8) is 0 Å². The summed E-state index contributed by atoms with van der Waals surface area (Å²) >= 11 is 4.88. The molecule has 0 atom stereocenters. The van der Waals surface area contributed by atoms with Gasteiger partial charge < -0.3 is 0 Å². The number of benzene rings is 1. The van der Waals surface area contributed by atoms with E-state index in [1.807, 2.05) is 6.07 Å². The number of alkyl halides is 3. The fraction of sp³-hybridized carbons (Fsp3) is 0.111. The SMILES string of the molecule is N#Cc1cccc(N/N=C(/Cl)C(F)(F)F)c1. The summed E-state index contributed by atoms with van der Waals surface area (Å²) in [5.74, 6) is 0. The molecule has 1 aromatic rings. The second-order valence-corrected chi connectivity index (χ2v) is 3.06. The van der Waals surface area contributed by atoms with Gasteiger partial charge >= 0.3 is 6.18 Å². The Morgan fingerprint density at radius 3 is 2.69 bits per heavy atom. The number of nitrogens with one attached hydrogen (secondary N) is 1. The topological polar surface area (TPSA) is 48.2 Å². The summed E-state index contributed by atoms with van der Waals surface area (Å²) in [4.78, 5) is 0. The standard InChI is InChI=1S/C9H5ClF3N3/c10-8(9(11,12)13)16-15-7-3-1-2-6(4-7)5-14/h1-4,15H/b16-8+. The lowest BCUT2D eigenvalue weighted by atomic mass is 10.2. The summed E-state index contributed by atoms with van der Waals surface area (Å²) < 4.78 is 35.8. The lowest BCUT2D eigenvalue weighted by molar-refractivity contribution is -0.0559. The van der Waals surface area contributed by atoms with Gasteiger partial charge in [-0.05, 0) is 18.2 Å². The summed E-state index contributed by atoms with van der Waals surface area (Å²) in [5, 5.41) is 9.98. The zero-order chi connectivity index (χ0) is 12.2. The molecule has 0 radical (unpaired) electrons. The molecule has 0 aromatic heterocycles. The third-order valence-corrected chi connectivity index (χ3v) is 1.81. The van der Waals surface area contributed by atoms with Crippen molar-refractivity contribution in [1.82, 2.24) is 0 Å². The minimum Gasteiger partial charge on any atom is -0.277 e. The van der Waals surface area contributed by atoms with Crippen molar-refractivity contribution in [2.45, 2.75) is 6.18 Å². The van der Waals surface area contributed by atoms with Crippen LogP contribution >= 0.6 is 11.6 Å². The maximum atomic E-state index is 11.9. The van der Waals surface area contributed by atoms with Crippen LogP contribution in [0.5, 0.6) is 0 Å². The van der Waals surface area contributed by atoms with E-state index in [1.54, 1.807) is 0 Å². The van der Waals surface area contributed by atoms with Gasteiger partial charge in [-0.2, -0.15) is 23.5 Å². The monoisotopic (exact) mass is 247 g/mol. The quantitative estimate of drug-likeness (QED) is 0.645. The maximum Gasteiger partial charge on any atom is 0.446 e. The lowest BCUT2D eigenvalue weighted by Crippen LogP contribution is -2.18. The van der Waals surface area contributed by atoms with Gasteiger partial charge in [0, 0.05) is 0 Å². The van der Waals surface area contributed by atoms with Crippen LogP contribution in [-0.2, 0) is 0 Å². The molecule has 0 spiro atoms. The number of nitrogens with zero attached hydrogens (tertiary/aromatic N) is 2. The van der Waals surface area contributed by atoms with E-state index in [0.29, 0.717) is 5.56 Å². The Bertz CT molecular complexity index is 448. The minimum absolute atomic E-state index is 0.251. The van der Waals surface area contributed by atoms with Crippen molar-refractivity contribution in [1.29, 1.82) is 5.26 Å². The first-order valence-corrected chi connectivity index (χ1v) is 4.38. The normalized spacial score (nSPS) is 12.1. The van der Waals surface area contributed by atoms with E-state index in [1.165, 1.54) is 24.3 Å². The van der Waals surface area contributed by atoms with Crippen LogP contribution in [0.25, 0.3) is 0 Å². The first-order chi connectivity index (χ1) is 7.43. The highest BCUT2D eigenvalue weighted by molar-refractivity contribution is 6.66. The van der Waals surface area contributed by atoms with Crippen molar-refractivity contribution in [3.8, 4) is 6.07 Å². The molecule has 0 fully saturated rings. The number of halogens is 4. The molecule has 0 aliphatic heterocycles. The van der Waals surface area contributed by atoms with Gasteiger partial charge in [-0.1, -0.05) is 17.7 Å². The van der Waals surface area contributed by atoms with Gasteiger partial charge in [0.25, 0.3) is 0 Å². The Morgan fingerprint density at radius 2 is 2.12 bits per heavy atom. The van der Waals surface area contributed by atoms with Crippen LogP contribution in [0.4, 0.5) is 18.9 Å². The molecule has 1 rings (SSSR count). The van der Waals surface area contributed by atoms with Crippen molar-refractivity contribution in [3.05, 3.63) is 29.8 Å². The molecule has 1 aromatic carbocycles. The van der Waals surface area contributed by atoms with Crippen LogP contribution in [0.3, 0.4) is 0 Å². The predicted octanol–water partition coefficient (Wildman–Crippen LogP) is 3.08. The fourth-order valence-electron chi connectivity index (χ4n) is 0.835. The molecule has 0 saturated carbocycles. The van der Waals surface area contributed by atoms with Gasteiger partial charge in [-0.3, -0.25) is 5.43 Å². The van der Waals surface area contributed by atoms with Gasteiger partial charge in [-0.25, -0.2) is 0 Å². The first-order valence-electron chi connectivity index (χ1n) is 4.00. The molecular weight excluding hydrogens is 243 g/mol. The Morgan fingerprint density at radius 1 is 1.44 bits per heavy atom. The van der Waals surface area contributed by atoms with Gasteiger partial charge in [0.05, 0.1) is 17.3 Å². The van der Waals surface area contributed by atoms with Crippen LogP contribution in [-0.4, -0.2) is 11.3 Å². The van der Waals surface area contributed by atoms with Gasteiger partial charge in [0.1, 0.15) is 0 Å². The second-order valence-electron chi connectivity index (χ2n) is 2.70. The number of hydrogen-bond acceptors (Lipinski definition) is 3. The van der Waals surface area contributed by atoms with E-state index in [4.69, 9.17) is 16.9 Å². The van der Waals surface area contributed by atoms with Crippen LogP contribution in [0.2, 0.25) is 0 Å². The Balaban J connectivity index is 2.79. The van der Waals surface area contributed by atoms with Crippen LogP contribution < -0.4 is 5.43 Å². The molecule has 3 nitrogen and oxygen atoms in total. The summed E-state index contributed by atoms with van der Waals surface area (Å²) in [7, 11) is 0. The van der Waals surface area contributed by atoms with Crippen molar-refractivity contribution in [2.24, 2.45) is 5.10 Å². The minimum atomic E-state index is -4.68. The molecule has 0 saturated heterocycles. The Hall–Kier alpha value is -1.74. The van der Waals surface area contributed by atoms with Gasteiger partial charge in [-0.15, -0.1) is 0 Å². The average molecular weight is 248 g/mol. The third-order valence-electron chi connectivity index (χ3n) is 1.51. The molecule has 0 unspecified atom stereocenters. The van der Waals surface area contributed by atoms with E-state index in [2.05, 4.69) is 10.5 Å². The Labute approximate surface area is 94.1 Å². The Kier molecular flexibility index (Phi) is 3.74. The lowest BCUT2D eigenvalue weighted by Gasteiger charge is -2.04. The molecule has 0 aliphatic carbocycles. The summed E-state index contributed by atoms with van der Waals surface area (Å²) in [6.45, 7) is 0. The number of anilines is 1. The fourth-order valence-corrected chi connectivity index (χ4v) is 0.878. The summed E-state index contributed by atoms with van der Waals surface area (Å²) in [6.07, 6.45) is -4.68. The molecule has 1 N–H and O–H groups in total. The van der Waals surface area contributed by atoms with E-state index in [9.17, 15) is 13.2 Å². The van der Waals surface area contributed by atoms with Gasteiger partial charge in [0.2, 0.25) is 5.17 Å². The highest BCUT2D eigenvalue weighted by Gasteiger charge is 2.34.